The first kappa shape index (κ1) is 18.6. The van der Waals surface area contributed by atoms with Gasteiger partial charge in [-0.15, -0.1) is 0 Å². The van der Waals surface area contributed by atoms with Gasteiger partial charge in [-0.3, -0.25) is 4.79 Å². The molecule has 0 amide bonds. The molecule has 1 aromatic carbocycles. The highest BCUT2D eigenvalue weighted by atomic mass is 16.7. The first-order valence-electron chi connectivity index (χ1n) is 8.03. The van der Waals surface area contributed by atoms with Crippen LogP contribution in [0.25, 0.3) is 10.9 Å². The van der Waals surface area contributed by atoms with Crippen LogP contribution in [0.4, 0.5) is 0 Å². The number of methoxy groups -OCH3 is 1. The van der Waals surface area contributed by atoms with Crippen LogP contribution in [0.5, 0.6) is 11.5 Å². The predicted octanol–water partition coefficient (Wildman–Crippen LogP) is -1.27. The minimum atomic E-state index is -1.56. The number of nitrogens with zero attached hydrogens (tertiary/aromatic N) is 1. The van der Waals surface area contributed by atoms with Crippen LogP contribution in [-0.2, 0) is 11.8 Å². The molecule has 0 aliphatic carbocycles. The molecule has 26 heavy (non-hydrogen) atoms. The third kappa shape index (κ3) is 3.04. The number of hydrogen-bond acceptors (Lipinski definition) is 8. The van der Waals surface area contributed by atoms with Crippen molar-refractivity contribution in [3.05, 3.63) is 34.6 Å². The van der Waals surface area contributed by atoms with Crippen LogP contribution < -0.4 is 15.0 Å². The number of fused-ring (bicyclic) bond motifs is 1. The van der Waals surface area contributed by atoms with E-state index in [1.807, 2.05) is 0 Å². The minimum absolute atomic E-state index is 0.213. The molecule has 2 aromatic rings. The number of ether oxygens (including phenoxy) is 3. The van der Waals surface area contributed by atoms with Crippen molar-refractivity contribution in [1.82, 2.24) is 4.57 Å². The van der Waals surface area contributed by atoms with Crippen LogP contribution in [0.15, 0.2) is 29.1 Å². The topological polar surface area (TPSA) is 131 Å². The third-order valence-electron chi connectivity index (χ3n) is 4.50. The first-order chi connectivity index (χ1) is 12.4. The van der Waals surface area contributed by atoms with Gasteiger partial charge in [0.1, 0.15) is 35.9 Å². The SMILES string of the molecule is COc1cc(=O)n(C)c2c(O[C@@H]3O[C@H](CO)[C@@H](O)[C@H](O)[C@H]3O)cccc12. The van der Waals surface area contributed by atoms with Crippen LogP contribution >= 0.6 is 0 Å². The van der Waals surface area contributed by atoms with Gasteiger partial charge >= 0.3 is 0 Å². The number of aryl methyl sites for hydroxylation is 1. The van der Waals surface area contributed by atoms with Crippen molar-refractivity contribution in [2.24, 2.45) is 7.05 Å². The highest BCUT2D eigenvalue weighted by Crippen LogP contribution is 2.32. The van der Waals surface area contributed by atoms with Crippen molar-refractivity contribution in [3.8, 4) is 11.5 Å². The highest BCUT2D eigenvalue weighted by molar-refractivity contribution is 5.90. The molecule has 142 valence electrons. The molecule has 9 nitrogen and oxygen atoms in total. The molecule has 4 N–H and O–H groups in total. The van der Waals surface area contributed by atoms with Gasteiger partial charge in [0.15, 0.2) is 0 Å². The van der Waals surface area contributed by atoms with Crippen LogP contribution in [0.3, 0.4) is 0 Å². The molecule has 1 aromatic heterocycles. The smallest absolute Gasteiger partial charge is 0.254 e. The summed E-state index contributed by atoms with van der Waals surface area (Å²) >= 11 is 0. The lowest BCUT2D eigenvalue weighted by atomic mass is 9.99. The quantitative estimate of drug-likeness (QED) is 0.526. The summed E-state index contributed by atoms with van der Waals surface area (Å²) in [5.41, 5.74) is 0.0908. The van der Waals surface area contributed by atoms with E-state index < -0.39 is 37.3 Å². The van der Waals surface area contributed by atoms with E-state index in [2.05, 4.69) is 0 Å². The number of aliphatic hydroxyl groups excluding tert-OH is 4. The van der Waals surface area contributed by atoms with E-state index in [9.17, 15) is 25.2 Å². The fraction of sp³-hybridized carbons (Fsp3) is 0.471. The van der Waals surface area contributed by atoms with Crippen molar-refractivity contribution in [1.29, 1.82) is 0 Å². The van der Waals surface area contributed by atoms with Gasteiger partial charge in [-0.2, -0.15) is 0 Å². The normalized spacial score (nSPS) is 28.9. The zero-order valence-electron chi connectivity index (χ0n) is 14.3. The van der Waals surface area contributed by atoms with Crippen LogP contribution in [0.2, 0.25) is 0 Å². The summed E-state index contributed by atoms with van der Waals surface area (Å²) < 4.78 is 17.7. The van der Waals surface area contributed by atoms with Crippen LogP contribution in [0, 0.1) is 0 Å². The van der Waals surface area contributed by atoms with Gasteiger partial charge in [0.25, 0.3) is 5.56 Å². The molecule has 2 heterocycles. The zero-order chi connectivity index (χ0) is 19.0. The lowest BCUT2D eigenvalue weighted by Crippen LogP contribution is -2.60. The zero-order valence-corrected chi connectivity index (χ0v) is 14.3. The van der Waals surface area contributed by atoms with E-state index in [1.54, 1.807) is 25.2 Å². The van der Waals surface area contributed by atoms with Gasteiger partial charge in [0.2, 0.25) is 6.29 Å². The van der Waals surface area contributed by atoms with E-state index in [4.69, 9.17) is 14.2 Å². The third-order valence-corrected chi connectivity index (χ3v) is 4.50. The average molecular weight is 367 g/mol. The van der Waals surface area contributed by atoms with Crippen molar-refractivity contribution < 1.29 is 34.6 Å². The van der Waals surface area contributed by atoms with Gasteiger partial charge in [-0.05, 0) is 12.1 Å². The second-order valence-corrected chi connectivity index (χ2v) is 6.08. The Kier molecular flexibility index (Phi) is 5.17. The summed E-state index contributed by atoms with van der Waals surface area (Å²) in [6.45, 7) is -0.563. The van der Waals surface area contributed by atoms with Crippen molar-refractivity contribution in [2.75, 3.05) is 13.7 Å². The predicted molar refractivity (Wildman–Crippen MR) is 90.1 cm³/mol. The first-order valence-corrected chi connectivity index (χ1v) is 8.03. The molecule has 1 aliphatic heterocycles. The molecule has 1 aliphatic rings. The lowest BCUT2D eigenvalue weighted by Gasteiger charge is -2.39. The van der Waals surface area contributed by atoms with E-state index in [0.717, 1.165) is 0 Å². The summed E-state index contributed by atoms with van der Waals surface area (Å²) in [6.07, 6.45) is -7.03. The van der Waals surface area contributed by atoms with Gasteiger partial charge < -0.3 is 39.2 Å². The molecule has 0 saturated carbocycles. The van der Waals surface area contributed by atoms with Crippen LogP contribution in [-0.4, -0.2) is 69.4 Å². The summed E-state index contributed by atoms with van der Waals surface area (Å²) in [5.74, 6) is 0.577. The Balaban J connectivity index is 2.04. The number of rotatable bonds is 4. The Morgan fingerprint density at radius 2 is 1.88 bits per heavy atom. The van der Waals surface area contributed by atoms with E-state index in [0.29, 0.717) is 16.7 Å². The van der Waals surface area contributed by atoms with Crippen LogP contribution in [0.1, 0.15) is 0 Å². The maximum absolute atomic E-state index is 12.2. The fourth-order valence-corrected chi connectivity index (χ4v) is 3.02. The van der Waals surface area contributed by atoms with Gasteiger partial charge in [0.05, 0.1) is 19.2 Å². The molecule has 0 radical (unpaired) electrons. The molecule has 0 unspecified atom stereocenters. The minimum Gasteiger partial charge on any atom is -0.496 e. The Morgan fingerprint density at radius 3 is 2.54 bits per heavy atom. The van der Waals surface area contributed by atoms with Crippen molar-refractivity contribution in [2.45, 2.75) is 30.7 Å². The molecule has 1 saturated heterocycles. The molecular formula is C17H21NO8. The molecule has 5 atom stereocenters. The Labute approximate surface area is 148 Å². The average Bonchev–Trinajstić information content (AvgIpc) is 2.65. The highest BCUT2D eigenvalue weighted by Gasteiger charge is 2.44. The van der Waals surface area contributed by atoms with E-state index >= 15 is 0 Å². The Bertz CT molecular complexity index is 849. The monoisotopic (exact) mass is 367 g/mol. The maximum atomic E-state index is 12.2. The van der Waals surface area contributed by atoms with Gasteiger partial charge in [-0.25, -0.2) is 0 Å². The Hall–Kier alpha value is -2.17. The van der Waals surface area contributed by atoms with Crippen molar-refractivity contribution in [3.63, 3.8) is 0 Å². The summed E-state index contributed by atoms with van der Waals surface area (Å²) in [4.78, 5) is 12.2. The molecule has 1 fully saturated rings. The van der Waals surface area contributed by atoms with E-state index in [-0.39, 0.29) is 11.3 Å². The summed E-state index contributed by atoms with van der Waals surface area (Å²) in [7, 11) is 3.00. The van der Waals surface area contributed by atoms with Crippen molar-refractivity contribution >= 4 is 10.9 Å². The molecular weight excluding hydrogens is 346 g/mol. The second kappa shape index (κ2) is 7.22. The maximum Gasteiger partial charge on any atom is 0.254 e. The fourth-order valence-electron chi connectivity index (χ4n) is 3.02. The van der Waals surface area contributed by atoms with E-state index in [1.165, 1.54) is 17.7 Å². The Morgan fingerprint density at radius 1 is 1.15 bits per heavy atom. The standard InChI is InChI=1S/C17H21NO8/c1-18-12(20)6-10(24-2)8-4-3-5-9(13(8)18)25-17-16(23)15(22)14(21)11(7-19)26-17/h3-6,11,14-17,19,21-23H,7H2,1-2H3/t11-,14-,15+,16-,17-/m1/s1. The lowest BCUT2D eigenvalue weighted by molar-refractivity contribution is -0.277. The summed E-state index contributed by atoms with van der Waals surface area (Å²) in [6, 6.07) is 6.34. The van der Waals surface area contributed by atoms with Gasteiger partial charge in [-0.1, -0.05) is 6.07 Å². The second-order valence-electron chi connectivity index (χ2n) is 6.08. The number of hydrogen-bond donors (Lipinski definition) is 4. The number of para-hydroxylation sites is 1. The largest absolute Gasteiger partial charge is 0.496 e. The molecule has 0 bridgehead atoms. The van der Waals surface area contributed by atoms with Gasteiger partial charge in [0, 0.05) is 18.5 Å². The summed E-state index contributed by atoms with van der Waals surface area (Å²) in [5, 5.41) is 39.8. The number of aliphatic hydroxyl groups is 4. The molecule has 0 spiro atoms. The molecule has 9 heteroatoms. The number of benzene rings is 1. The number of pyridine rings is 1. The number of aromatic nitrogens is 1. The molecule has 3 rings (SSSR count).